The smallest absolute Gasteiger partial charge is 0.181 e. The SMILES string of the molecule is CC(C)C(C)(c1ccc(OCc2ccccn2)cc1)c1ccc(-c2n[nH]c(CC3CCCN3)n2)cc1. The van der Waals surface area contributed by atoms with E-state index in [0.717, 1.165) is 41.6 Å². The van der Waals surface area contributed by atoms with E-state index in [0.29, 0.717) is 18.6 Å². The molecule has 0 amide bonds. The summed E-state index contributed by atoms with van der Waals surface area (Å²) in [6.45, 7) is 8.43. The standard InChI is InChI=1S/C30H35N5O/c1-21(2)30(3,24-13-15-27(16-14-24)36-20-26-7-4-5-17-32-26)23-11-9-22(10-12-23)29-33-28(34-35-29)19-25-8-6-18-31-25/h4-5,7,9-17,21,25,31H,6,8,18-20H2,1-3H3,(H,33,34,35). The number of pyridine rings is 1. The highest BCUT2D eigenvalue weighted by Crippen LogP contribution is 2.40. The Morgan fingerprint density at radius 2 is 1.75 bits per heavy atom. The maximum absolute atomic E-state index is 5.95. The summed E-state index contributed by atoms with van der Waals surface area (Å²) in [5.74, 6) is 2.96. The molecule has 2 N–H and O–H groups in total. The number of nitrogens with one attached hydrogen (secondary N) is 2. The summed E-state index contributed by atoms with van der Waals surface area (Å²) in [6.07, 6.45) is 5.13. The van der Waals surface area contributed by atoms with Crippen molar-refractivity contribution >= 4 is 0 Å². The molecule has 0 radical (unpaired) electrons. The van der Waals surface area contributed by atoms with Gasteiger partial charge in [-0.25, -0.2) is 4.98 Å². The van der Waals surface area contributed by atoms with Crippen molar-refractivity contribution in [2.24, 2.45) is 5.92 Å². The van der Waals surface area contributed by atoms with Gasteiger partial charge < -0.3 is 10.1 Å². The van der Waals surface area contributed by atoms with E-state index in [9.17, 15) is 0 Å². The van der Waals surface area contributed by atoms with Gasteiger partial charge in [0.25, 0.3) is 0 Å². The summed E-state index contributed by atoms with van der Waals surface area (Å²) >= 11 is 0. The van der Waals surface area contributed by atoms with Crippen LogP contribution in [-0.2, 0) is 18.4 Å². The Hall–Kier alpha value is -3.51. The molecule has 2 aromatic heterocycles. The third-order valence-electron chi connectivity index (χ3n) is 7.60. The van der Waals surface area contributed by atoms with Gasteiger partial charge >= 0.3 is 0 Å². The zero-order chi connectivity index (χ0) is 25.0. The van der Waals surface area contributed by atoms with E-state index >= 15 is 0 Å². The van der Waals surface area contributed by atoms with Crippen molar-refractivity contribution in [1.29, 1.82) is 0 Å². The summed E-state index contributed by atoms with van der Waals surface area (Å²) in [7, 11) is 0. The number of aromatic nitrogens is 4. The molecule has 1 aliphatic rings. The van der Waals surface area contributed by atoms with Crippen LogP contribution in [-0.4, -0.2) is 32.8 Å². The van der Waals surface area contributed by atoms with Crippen molar-refractivity contribution in [1.82, 2.24) is 25.5 Å². The maximum Gasteiger partial charge on any atom is 0.181 e. The van der Waals surface area contributed by atoms with Gasteiger partial charge in [-0.15, -0.1) is 0 Å². The van der Waals surface area contributed by atoms with Crippen LogP contribution in [0.15, 0.2) is 72.9 Å². The van der Waals surface area contributed by atoms with Crippen LogP contribution in [0, 0.1) is 5.92 Å². The zero-order valence-corrected chi connectivity index (χ0v) is 21.4. The van der Waals surface area contributed by atoms with E-state index in [1.807, 2.05) is 18.2 Å². The van der Waals surface area contributed by atoms with Gasteiger partial charge in [0.1, 0.15) is 18.2 Å². The molecule has 6 nitrogen and oxygen atoms in total. The van der Waals surface area contributed by atoms with Gasteiger partial charge in [-0.05, 0) is 60.7 Å². The lowest BCUT2D eigenvalue weighted by molar-refractivity contribution is 0.301. The number of aromatic amines is 1. The van der Waals surface area contributed by atoms with Crippen LogP contribution >= 0.6 is 0 Å². The highest BCUT2D eigenvalue weighted by Gasteiger charge is 2.32. The number of benzene rings is 2. The maximum atomic E-state index is 5.95. The quantitative estimate of drug-likeness (QED) is 0.321. The first-order chi connectivity index (χ1) is 17.5. The molecule has 1 saturated heterocycles. The number of H-pyrrole nitrogens is 1. The second-order valence-electron chi connectivity index (χ2n) is 10.2. The normalized spacial score (nSPS) is 17.3. The Labute approximate surface area is 213 Å². The Balaban J connectivity index is 1.30. The van der Waals surface area contributed by atoms with Gasteiger partial charge in [0.15, 0.2) is 5.82 Å². The molecule has 0 bridgehead atoms. The van der Waals surface area contributed by atoms with Crippen molar-refractivity contribution in [2.45, 2.75) is 58.1 Å². The molecular formula is C30H35N5O. The van der Waals surface area contributed by atoms with Crippen molar-refractivity contribution in [3.8, 4) is 17.1 Å². The predicted octanol–water partition coefficient (Wildman–Crippen LogP) is 5.70. The van der Waals surface area contributed by atoms with Crippen LogP contribution in [0.25, 0.3) is 11.4 Å². The topological polar surface area (TPSA) is 75.7 Å². The van der Waals surface area contributed by atoms with Gasteiger partial charge in [-0.1, -0.05) is 63.2 Å². The van der Waals surface area contributed by atoms with E-state index in [2.05, 4.69) is 89.8 Å². The molecule has 186 valence electrons. The molecule has 0 saturated carbocycles. The zero-order valence-electron chi connectivity index (χ0n) is 21.4. The summed E-state index contributed by atoms with van der Waals surface area (Å²) < 4.78 is 5.95. The second-order valence-corrected chi connectivity index (χ2v) is 10.2. The molecular weight excluding hydrogens is 446 g/mol. The lowest BCUT2D eigenvalue weighted by atomic mass is 9.68. The van der Waals surface area contributed by atoms with Crippen molar-refractivity contribution < 1.29 is 4.74 Å². The highest BCUT2D eigenvalue weighted by atomic mass is 16.5. The first-order valence-electron chi connectivity index (χ1n) is 12.9. The van der Waals surface area contributed by atoms with Gasteiger partial charge in [0.05, 0.1) is 5.69 Å². The molecule has 0 spiro atoms. The minimum Gasteiger partial charge on any atom is -0.487 e. The largest absolute Gasteiger partial charge is 0.487 e. The van der Waals surface area contributed by atoms with Crippen molar-refractivity contribution in [3.63, 3.8) is 0 Å². The van der Waals surface area contributed by atoms with E-state index < -0.39 is 0 Å². The van der Waals surface area contributed by atoms with Crippen molar-refractivity contribution in [2.75, 3.05) is 6.54 Å². The highest BCUT2D eigenvalue weighted by molar-refractivity contribution is 5.56. The minimum atomic E-state index is -0.143. The molecule has 36 heavy (non-hydrogen) atoms. The predicted molar refractivity (Wildman–Crippen MR) is 143 cm³/mol. The van der Waals surface area contributed by atoms with Gasteiger partial charge in [0, 0.05) is 29.6 Å². The van der Waals surface area contributed by atoms with Gasteiger partial charge in [0.2, 0.25) is 0 Å². The van der Waals surface area contributed by atoms with Crippen LogP contribution in [0.3, 0.4) is 0 Å². The summed E-state index contributed by atoms with van der Waals surface area (Å²) in [5.41, 5.74) is 4.34. The Morgan fingerprint density at radius 3 is 2.39 bits per heavy atom. The van der Waals surface area contributed by atoms with E-state index in [-0.39, 0.29) is 5.41 Å². The molecule has 1 fully saturated rings. The van der Waals surface area contributed by atoms with Crippen LogP contribution in [0.2, 0.25) is 0 Å². The van der Waals surface area contributed by atoms with E-state index in [1.54, 1.807) is 6.20 Å². The molecule has 3 heterocycles. The number of hydrogen-bond donors (Lipinski definition) is 2. The Bertz CT molecular complexity index is 1240. The average Bonchev–Trinajstić information content (AvgIpc) is 3.61. The fourth-order valence-electron chi connectivity index (χ4n) is 5.02. The monoisotopic (exact) mass is 481 g/mol. The first-order valence-corrected chi connectivity index (χ1v) is 12.9. The molecule has 2 unspecified atom stereocenters. The summed E-state index contributed by atoms with van der Waals surface area (Å²) in [4.78, 5) is 9.08. The first kappa shape index (κ1) is 24.2. The molecule has 4 aromatic rings. The van der Waals surface area contributed by atoms with Gasteiger partial charge in [-0.2, -0.15) is 5.10 Å². The number of ether oxygens (including phenoxy) is 1. The lowest BCUT2D eigenvalue weighted by Crippen LogP contribution is -2.30. The van der Waals surface area contributed by atoms with Crippen LogP contribution in [0.5, 0.6) is 5.75 Å². The molecule has 1 aliphatic heterocycles. The van der Waals surface area contributed by atoms with Crippen LogP contribution in [0.4, 0.5) is 0 Å². The van der Waals surface area contributed by atoms with Crippen LogP contribution < -0.4 is 10.1 Å². The lowest BCUT2D eigenvalue weighted by Gasteiger charge is -2.35. The fraction of sp³-hybridized carbons (Fsp3) is 0.367. The molecule has 5 rings (SSSR count). The third-order valence-corrected chi connectivity index (χ3v) is 7.60. The Morgan fingerprint density at radius 1 is 1.00 bits per heavy atom. The Kier molecular flexibility index (Phi) is 7.14. The van der Waals surface area contributed by atoms with Gasteiger partial charge in [-0.3, -0.25) is 10.1 Å². The molecule has 6 heteroatoms. The van der Waals surface area contributed by atoms with Crippen LogP contribution in [0.1, 0.15) is 56.3 Å². The minimum absolute atomic E-state index is 0.143. The molecule has 2 atom stereocenters. The summed E-state index contributed by atoms with van der Waals surface area (Å²) in [5, 5.41) is 11.1. The second kappa shape index (κ2) is 10.6. The fourth-order valence-corrected chi connectivity index (χ4v) is 5.02. The van der Waals surface area contributed by atoms with E-state index in [1.165, 1.54) is 24.0 Å². The average molecular weight is 482 g/mol. The third kappa shape index (κ3) is 5.19. The number of rotatable bonds is 9. The van der Waals surface area contributed by atoms with E-state index in [4.69, 9.17) is 9.72 Å². The number of nitrogens with zero attached hydrogens (tertiary/aromatic N) is 3. The molecule has 0 aliphatic carbocycles. The van der Waals surface area contributed by atoms with Crippen molar-refractivity contribution in [3.05, 3.63) is 95.6 Å². The summed E-state index contributed by atoms with van der Waals surface area (Å²) in [6, 6.07) is 23.6. The number of hydrogen-bond acceptors (Lipinski definition) is 5. The molecule has 2 aromatic carbocycles.